The van der Waals surface area contributed by atoms with Crippen LogP contribution in [-0.4, -0.2) is 25.0 Å². The van der Waals surface area contributed by atoms with Crippen LogP contribution in [0.25, 0.3) is 0 Å². The third-order valence-corrected chi connectivity index (χ3v) is 4.13. The van der Waals surface area contributed by atoms with Gasteiger partial charge in [0.25, 0.3) is 0 Å². The van der Waals surface area contributed by atoms with E-state index in [2.05, 4.69) is 32.7 Å². The van der Waals surface area contributed by atoms with E-state index < -0.39 is 0 Å². The average molecular weight is 197 g/mol. The lowest BCUT2D eigenvalue weighted by Crippen LogP contribution is -2.36. The van der Waals surface area contributed by atoms with Crippen molar-refractivity contribution in [2.24, 2.45) is 11.3 Å². The van der Waals surface area contributed by atoms with Gasteiger partial charge >= 0.3 is 0 Å². The molecule has 0 amide bonds. The van der Waals surface area contributed by atoms with Crippen molar-refractivity contribution in [1.82, 2.24) is 4.90 Å². The minimum Gasteiger partial charge on any atom is -0.306 e. The van der Waals surface area contributed by atoms with Gasteiger partial charge in [-0.3, -0.25) is 0 Å². The van der Waals surface area contributed by atoms with E-state index in [0.29, 0.717) is 5.41 Å². The van der Waals surface area contributed by atoms with Crippen LogP contribution in [0.15, 0.2) is 0 Å². The lowest BCUT2D eigenvalue weighted by molar-refractivity contribution is 0.122. The molecule has 1 heterocycles. The van der Waals surface area contributed by atoms with Crippen LogP contribution in [0.1, 0.15) is 52.9 Å². The molecule has 0 spiro atoms. The smallest absolute Gasteiger partial charge is 0.00166 e. The van der Waals surface area contributed by atoms with Crippen molar-refractivity contribution in [2.45, 2.75) is 52.9 Å². The molecular weight excluding hydrogens is 170 g/mol. The Hall–Kier alpha value is -0.0400. The fraction of sp³-hybridized carbons (Fsp3) is 1.00. The molecule has 1 aliphatic rings. The highest BCUT2D eigenvalue weighted by Gasteiger charge is 2.28. The van der Waals surface area contributed by atoms with Gasteiger partial charge in [-0.15, -0.1) is 0 Å². The second-order valence-electron chi connectivity index (χ2n) is 5.67. The minimum absolute atomic E-state index is 0.649. The summed E-state index contributed by atoms with van der Waals surface area (Å²) in [6.45, 7) is 9.79. The fourth-order valence-corrected chi connectivity index (χ4v) is 2.21. The van der Waals surface area contributed by atoms with E-state index in [4.69, 9.17) is 0 Å². The summed E-state index contributed by atoms with van der Waals surface area (Å²) in [7, 11) is 2.24. The molecule has 0 N–H and O–H groups in total. The zero-order valence-corrected chi connectivity index (χ0v) is 10.5. The van der Waals surface area contributed by atoms with E-state index in [1.807, 2.05) is 0 Å². The summed E-state index contributed by atoms with van der Waals surface area (Å²) >= 11 is 0. The van der Waals surface area contributed by atoms with Crippen LogP contribution >= 0.6 is 0 Å². The molecule has 14 heavy (non-hydrogen) atoms. The molecule has 0 radical (unpaired) electrons. The molecule has 1 rings (SSSR count). The van der Waals surface area contributed by atoms with Gasteiger partial charge in [-0.2, -0.15) is 0 Å². The summed E-state index contributed by atoms with van der Waals surface area (Å²) in [4.78, 5) is 2.46. The summed E-state index contributed by atoms with van der Waals surface area (Å²) in [6, 6.07) is 0. The zero-order chi connectivity index (χ0) is 10.6. The quantitative estimate of drug-likeness (QED) is 0.666. The Morgan fingerprint density at radius 2 is 1.86 bits per heavy atom. The van der Waals surface area contributed by atoms with Crippen LogP contribution in [0.3, 0.4) is 0 Å². The number of likely N-dealkylation sites (tertiary alicyclic amines) is 1. The van der Waals surface area contributed by atoms with Gasteiger partial charge in [0.1, 0.15) is 0 Å². The molecule has 1 heteroatoms. The Labute approximate surface area is 89.9 Å². The molecule has 1 unspecified atom stereocenters. The van der Waals surface area contributed by atoms with E-state index >= 15 is 0 Å². The van der Waals surface area contributed by atoms with Crippen LogP contribution in [-0.2, 0) is 0 Å². The summed E-state index contributed by atoms with van der Waals surface area (Å²) in [5, 5.41) is 0. The summed E-state index contributed by atoms with van der Waals surface area (Å²) in [5.41, 5.74) is 0.649. The molecule has 0 aromatic heterocycles. The maximum absolute atomic E-state index is 2.49. The molecule has 1 saturated heterocycles. The monoisotopic (exact) mass is 197 g/mol. The highest BCUT2D eigenvalue weighted by molar-refractivity contribution is 4.81. The molecule has 0 bridgehead atoms. The molecular formula is C13H27N. The molecule has 0 aromatic carbocycles. The number of rotatable bonds is 4. The first-order valence-corrected chi connectivity index (χ1v) is 6.24. The molecule has 0 aliphatic carbocycles. The van der Waals surface area contributed by atoms with Crippen LogP contribution in [0.2, 0.25) is 0 Å². The molecule has 1 aliphatic heterocycles. The van der Waals surface area contributed by atoms with E-state index in [1.165, 1.54) is 45.2 Å². The van der Waals surface area contributed by atoms with Gasteiger partial charge in [-0.1, -0.05) is 33.6 Å². The second-order valence-corrected chi connectivity index (χ2v) is 5.67. The van der Waals surface area contributed by atoms with Crippen LogP contribution < -0.4 is 0 Å². The molecule has 84 valence electrons. The third kappa shape index (κ3) is 3.61. The number of nitrogens with zero attached hydrogens (tertiary/aromatic N) is 1. The fourth-order valence-electron chi connectivity index (χ4n) is 2.21. The van der Waals surface area contributed by atoms with Crippen LogP contribution in [0, 0.1) is 11.3 Å². The van der Waals surface area contributed by atoms with Crippen molar-refractivity contribution in [2.75, 3.05) is 20.1 Å². The van der Waals surface area contributed by atoms with E-state index in [1.54, 1.807) is 0 Å². The number of piperidine rings is 1. The Bertz CT molecular complexity index is 157. The normalized spacial score (nSPS) is 24.9. The highest BCUT2D eigenvalue weighted by atomic mass is 15.1. The van der Waals surface area contributed by atoms with E-state index in [9.17, 15) is 0 Å². The molecule has 1 atom stereocenters. The van der Waals surface area contributed by atoms with Crippen molar-refractivity contribution in [3.8, 4) is 0 Å². The van der Waals surface area contributed by atoms with Gasteiger partial charge in [0.05, 0.1) is 0 Å². The van der Waals surface area contributed by atoms with E-state index in [0.717, 1.165) is 5.92 Å². The third-order valence-electron chi connectivity index (χ3n) is 4.13. The van der Waals surface area contributed by atoms with Crippen LogP contribution in [0.5, 0.6) is 0 Å². The Kier molecular flexibility index (Phi) is 4.43. The van der Waals surface area contributed by atoms with Crippen molar-refractivity contribution < 1.29 is 0 Å². The Balaban J connectivity index is 2.28. The number of hydrogen-bond donors (Lipinski definition) is 0. The van der Waals surface area contributed by atoms with Gasteiger partial charge in [-0.05, 0) is 50.7 Å². The van der Waals surface area contributed by atoms with Crippen molar-refractivity contribution in [3.63, 3.8) is 0 Å². The predicted octanol–water partition coefficient (Wildman–Crippen LogP) is 3.54. The maximum Gasteiger partial charge on any atom is -0.00166 e. The lowest BCUT2D eigenvalue weighted by atomic mass is 9.75. The Morgan fingerprint density at radius 1 is 1.29 bits per heavy atom. The minimum atomic E-state index is 0.649. The molecule has 0 aromatic rings. The Morgan fingerprint density at radius 3 is 2.36 bits per heavy atom. The molecule has 1 fully saturated rings. The van der Waals surface area contributed by atoms with Crippen LogP contribution in [0.4, 0.5) is 0 Å². The first kappa shape index (κ1) is 12.0. The van der Waals surface area contributed by atoms with Crippen molar-refractivity contribution in [3.05, 3.63) is 0 Å². The van der Waals surface area contributed by atoms with E-state index in [-0.39, 0.29) is 0 Å². The summed E-state index contributed by atoms with van der Waals surface area (Å²) < 4.78 is 0. The lowest BCUT2D eigenvalue weighted by Gasteiger charge is -2.38. The highest BCUT2D eigenvalue weighted by Crippen LogP contribution is 2.36. The van der Waals surface area contributed by atoms with Crippen molar-refractivity contribution >= 4 is 0 Å². The summed E-state index contributed by atoms with van der Waals surface area (Å²) in [6.07, 6.45) is 7.02. The first-order chi connectivity index (χ1) is 6.56. The second kappa shape index (κ2) is 5.16. The molecule has 1 nitrogen and oxygen atoms in total. The van der Waals surface area contributed by atoms with Gasteiger partial charge < -0.3 is 4.90 Å². The molecule has 0 saturated carbocycles. The average Bonchev–Trinajstić information content (AvgIpc) is 2.20. The van der Waals surface area contributed by atoms with Crippen molar-refractivity contribution in [1.29, 1.82) is 0 Å². The largest absolute Gasteiger partial charge is 0.306 e. The summed E-state index contributed by atoms with van der Waals surface area (Å²) in [5.74, 6) is 0.923. The SMILES string of the molecule is CCC(C)CCC1(C)CCN(C)CC1. The first-order valence-electron chi connectivity index (χ1n) is 6.24. The van der Waals surface area contributed by atoms with Gasteiger partial charge in [0.2, 0.25) is 0 Å². The number of hydrogen-bond acceptors (Lipinski definition) is 1. The van der Waals surface area contributed by atoms with Gasteiger partial charge in [-0.25, -0.2) is 0 Å². The maximum atomic E-state index is 2.49. The van der Waals surface area contributed by atoms with Gasteiger partial charge in [0, 0.05) is 0 Å². The predicted molar refractivity (Wildman–Crippen MR) is 63.5 cm³/mol. The topological polar surface area (TPSA) is 3.24 Å². The zero-order valence-electron chi connectivity index (χ0n) is 10.5. The standard InChI is InChI=1S/C13H27N/c1-5-12(2)6-7-13(3)8-10-14(4)11-9-13/h12H,5-11H2,1-4H3. The van der Waals surface area contributed by atoms with Gasteiger partial charge in [0.15, 0.2) is 0 Å².